The highest BCUT2D eigenvalue weighted by molar-refractivity contribution is 9.10. The van der Waals surface area contributed by atoms with Gasteiger partial charge >= 0.3 is 0 Å². The van der Waals surface area contributed by atoms with Crippen LogP contribution >= 0.6 is 39.1 Å². The van der Waals surface area contributed by atoms with Crippen LogP contribution in [0.15, 0.2) is 65.3 Å². The van der Waals surface area contributed by atoms with Gasteiger partial charge in [0.05, 0.1) is 27.0 Å². The zero-order chi connectivity index (χ0) is 24.2. The Morgan fingerprint density at radius 2 is 1.88 bits per heavy atom. The van der Waals surface area contributed by atoms with E-state index < -0.39 is 5.92 Å². The molecule has 0 unspecified atom stereocenters. The maximum absolute atomic E-state index is 11.6. The summed E-state index contributed by atoms with van der Waals surface area (Å²) >= 11 is 15.7. The first-order valence-corrected chi connectivity index (χ1v) is 12.1. The lowest BCUT2D eigenvalue weighted by Gasteiger charge is -2.19. The molecule has 0 saturated heterocycles. The van der Waals surface area contributed by atoms with E-state index in [-0.39, 0.29) is 18.1 Å². The van der Waals surface area contributed by atoms with Crippen LogP contribution in [0, 0.1) is 10.1 Å². The van der Waals surface area contributed by atoms with Crippen LogP contribution in [0.5, 0.6) is 11.5 Å². The number of nitro groups is 1. The summed E-state index contributed by atoms with van der Waals surface area (Å²) in [6.07, 6.45) is 1.84. The first-order valence-electron chi connectivity index (χ1n) is 10.6. The fourth-order valence-corrected chi connectivity index (χ4v) is 4.79. The van der Waals surface area contributed by atoms with Gasteiger partial charge in [-0.3, -0.25) is 10.1 Å². The summed E-state index contributed by atoms with van der Waals surface area (Å²) in [5.74, 6) is 0.529. The van der Waals surface area contributed by atoms with Gasteiger partial charge in [0, 0.05) is 22.0 Å². The molecule has 4 rings (SSSR count). The number of hydrogen-bond acceptors (Lipinski definition) is 4. The Morgan fingerprint density at radius 1 is 1.09 bits per heavy atom. The van der Waals surface area contributed by atoms with Crippen molar-refractivity contribution in [3.8, 4) is 11.5 Å². The monoisotopic (exact) mass is 562 g/mol. The Bertz CT molecular complexity index is 1340. The minimum absolute atomic E-state index is 0.246. The van der Waals surface area contributed by atoms with Crippen molar-refractivity contribution in [1.82, 2.24) is 4.98 Å². The standard InChI is InChI=1S/C25H21BrCl2N2O4/c1-2-33-24-11-16(10-20(26)25(24)34-14-15-7-8-21(27)22(28)9-15)19(13-30(31)32)18-12-29-23-6-4-3-5-17(18)23/h3-12,19,29H,2,13-14H2,1H3/t19-/m1/s1. The number of fused-ring (bicyclic) bond motifs is 1. The number of benzene rings is 3. The molecule has 0 spiro atoms. The van der Waals surface area contributed by atoms with Crippen LogP contribution in [0.4, 0.5) is 0 Å². The topological polar surface area (TPSA) is 77.4 Å². The van der Waals surface area contributed by atoms with Crippen LogP contribution in [0.3, 0.4) is 0 Å². The fraction of sp³-hybridized carbons (Fsp3) is 0.200. The van der Waals surface area contributed by atoms with E-state index in [1.165, 1.54) is 0 Å². The minimum Gasteiger partial charge on any atom is -0.490 e. The minimum atomic E-state index is -0.481. The van der Waals surface area contributed by atoms with Crippen molar-refractivity contribution in [1.29, 1.82) is 0 Å². The quantitative estimate of drug-likeness (QED) is 0.168. The maximum atomic E-state index is 11.6. The second-order valence-corrected chi connectivity index (χ2v) is 9.33. The number of aromatic amines is 1. The number of ether oxygens (including phenoxy) is 2. The van der Waals surface area contributed by atoms with Crippen molar-refractivity contribution in [3.05, 3.63) is 102 Å². The van der Waals surface area contributed by atoms with Gasteiger partial charge in [-0.25, -0.2) is 0 Å². The number of nitrogens with zero attached hydrogens (tertiary/aromatic N) is 1. The van der Waals surface area contributed by atoms with Gasteiger partial charge in [0.1, 0.15) is 6.61 Å². The lowest BCUT2D eigenvalue weighted by Crippen LogP contribution is -2.14. The lowest BCUT2D eigenvalue weighted by molar-refractivity contribution is -0.481. The molecule has 0 amide bonds. The third-order valence-corrected chi connectivity index (χ3v) is 6.76. The molecule has 1 N–H and O–H groups in total. The summed E-state index contributed by atoms with van der Waals surface area (Å²) in [5.41, 5.74) is 3.37. The van der Waals surface area contributed by atoms with Gasteiger partial charge < -0.3 is 14.5 Å². The Balaban J connectivity index is 1.71. The van der Waals surface area contributed by atoms with Crippen molar-refractivity contribution in [2.24, 2.45) is 0 Å². The van der Waals surface area contributed by atoms with E-state index in [1.807, 2.05) is 55.6 Å². The number of rotatable bonds is 9. The molecule has 0 radical (unpaired) electrons. The molecule has 6 nitrogen and oxygen atoms in total. The maximum Gasteiger partial charge on any atom is 0.214 e. The zero-order valence-electron chi connectivity index (χ0n) is 18.2. The zero-order valence-corrected chi connectivity index (χ0v) is 21.3. The van der Waals surface area contributed by atoms with Gasteiger partial charge in [-0.05, 0) is 69.9 Å². The highest BCUT2D eigenvalue weighted by Crippen LogP contribution is 2.42. The van der Waals surface area contributed by atoms with Gasteiger partial charge in [-0.15, -0.1) is 0 Å². The van der Waals surface area contributed by atoms with Crippen LogP contribution in [0.1, 0.15) is 29.5 Å². The van der Waals surface area contributed by atoms with Crippen LogP contribution in [-0.4, -0.2) is 23.1 Å². The van der Waals surface area contributed by atoms with Crippen molar-refractivity contribution in [2.75, 3.05) is 13.2 Å². The third kappa shape index (κ3) is 5.32. The molecule has 0 aliphatic heterocycles. The second kappa shape index (κ2) is 10.7. The highest BCUT2D eigenvalue weighted by atomic mass is 79.9. The summed E-state index contributed by atoms with van der Waals surface area (Å²) in [7, 11) is 0. The van der Waals surface area contributed by atoms with E-state index in [1.54, 1.807) is 12.1 Å². The summed E-state index contributed by atoms with van der Waals surface area (Å²) in [4.78, 5) is 14.5. The molecule has 1 atom stereocenters. The molecule has 9 heteroatoms. The van der Waals surface area contributed by atoms with E-state index in [4.69, 9.17) is 32.7 Å². The molecule has 34 heavy (non-hydrogen) atoms. The first-order chi connectivity index (χ1) is 16.4. The van der Waals surface area contributed by atoms with Crippen LogP contribution < -0.4 is 9.47 Å². The molecule has 4 aromatic rings. The third-order valence-electron chi connectivity index (χ3n) is 5.43. The smallest absolute Gasteiger partial charge is 0.214 e. The Morgan fingerprint density at radius 3 is 2.62 bits per heavy atom. The number of halogens is 3. The van der Waals surface area contributed by atoms with Crippen LogP contribution in [0.2, 0.25) is 10.0 Å². The van der Waals surface area contributed by atoms with Crippen LogP contribution in [0.25, 0.3) is 10.9 Å². The summed E-state index contributed by atoms with van der Waals surface area (Å²) in [6.45, 7) is 2.27. The van der Waals surface area contributed by atoms with Gasteiger partial charge in [-0.2, -0.15) is 0 Å². The molecule has 1 heterocycles. The fourth-order valence-electron chi connectivity index (χ4n) is 3.89. The summed E-state index contributed by atoms with van der Waals surface area (Å²) in [6, 6.07) is 16.7. The molecule has 1 aromatic heterocycles. The Labute approximate surface area is 215 Å². The van der Waals surface area contributed by atoms with Crippen molar-refractivity contribution < 1.29 is 14.4 Å². The molecular weight excluding hydrogens is 543 g/mol. The van der Waals surface area contributed by atoms with E-state index in [9.17, 15) is 10.1 Å². The number of para-hydroxylation sites is 1. The van der Waals surface area contributed by atoms with Crippen molar-refractivity contribution >= 4 is 50.0 Å². The normalized spacial score (nSPS) is 12.0. The molecule has 0 bridgehead atoms. The second-order valence-electron chi connectivity index (χ2n) is 7.66. The van der Waals surface area contributed by atoms with E-state index in [0.717, 1.165) is 27.6 Å². The highest BCUT2D eigenvalue weighted by Gasteiger charge is 2.26. The van der Waals surface area contributed by atoms with Gasteiger partial charge in [0.2, 0.25) is 6.54 Å². The lowest BCUT2D eigenvalue weighted by atomic mass is 9.90. The average molecular weight is 564 g/mol. The predicted octanol–water partition coefficient (Wildman–Crippen LogP) is 7.62. The molecule has 0 fully saturated rings. The van der Waals surface area contributed by atoms with Gasteiger partial charge in [0.15, 0.2) is 11.5 Å². The first kappa shape index (κ1) is 24.4. The molecule has 0 aliphatic carbocycles. The Hall–Kier alpha value is -2.74. The number of hydrogen-bond donors (Lipinski definition) is 1. The molecule has 3 aromatic carbocycles. The summed E-state index contributed by atoms with van der Waals surface area (Å²) < 4.78 is 12.6. The van der Waals surface area contributed by atoms with E-state index in [2.05, 4.69) is 20.9 Å². The molecule has 0 aliphatic rings. The van der Waals surface area contributed by atoms with Crippen molar-refractivity contribution in [2.45, 2.75) is 19.4 Å². The molecule has 176 valence electrons. The van der Waals surface area contributed by atoms with Gasteiger partial charge in [0.25, 0.3) is 0 Å². The Kier molecular flexibility index (Phi) is 7.66. The number of aromatic nitrogens is 1. The van der Waals surface area contributed by atoms with Crippen LogP contribution in [-0.2, 0) is 6.61 Å². The summed E-state index contributed by atoms with van der Waals surface area (Å²) in [5, 5.41) is 13.5. The van der Waals surface area contributed by atoms with E-state index >= 15 is 0 Å². The number of H-pyrrole nitrogens is 1. The van der Waals surface area contributed by atoms with Gasteiger partial charge in [-0.1, -0.05) is 47.5 Å². The SMILES string of the molecule is CCOc1cc([C@@H](C[N+](=O)[O-])c2c[nH]c3ccccc23)cc(Br)c1OCc1ccc(Cl)c(Cl)c1. The van der Waals surface area contributed by atoms with E-state index in [0.29, 0.717) is 32.6 Å². The predicted molar refractivity (Wildman–Crippen MR) is 138 cm³/mol. The van der Waals surface area contributed by atoms with Crippen molar-refractivity contribution in [3.63, 3.8) is 0 Å². The molecule has 0 saturated carbocycles. The number of nitrogens with one attached hydrogen (secondary N) is 1. The molecular formula is C25H21BrCl2N2O4. The largest absolute Gasteiger partial charge is 0.490 e. The average Bonchev–Trinajstić information content (AvgIpc) is 3.23.